The molecule has 3 N–H and O–H groups in total. The van der Waals surface area contributed by atoms with Crippen molar-refractivity contribution >= 4 is 29.4 Å². The van der Waals surface area contributed by atoms with E-state index in [1.54, 1.807) is 7.05 Å². The third kappa shape index (κ3) is 3.72. The van der Waals surface area contributed by atoms with Crippen LogP contribution in [0.2, 0.25) is 0 Å². The first kappa shape index (κ1) is 15.3. The summed E-state index contributed by atoms with van der Waals surface area (Å²) < 4.78 is 0. The Labute approximate surface area is 125 Å². The molecule has 1 aromatic heterocycles. The van der Waals surface area contributed by atoms with Crippen molar-refractivity contribution in [3.8, 4) is 0 Å². The van der Waals surface area contributed by atoms with Crippen molar-refractivity contribution in [3.63, 3.8) is 0 Å². The van der Waals surface area contributed by atoms with Crippen molar-refractivity contribution in [2.24, 2.45) is 0 Å². The molecule has 0 fully saturated rings. The van der Waals surface area contributed by atoms with E-state index in [0.29, 0.717) is 22.8 Å². The van der Waals surface area contributed by atoms with E-state index < -0.39 is 0 Å². The fraction of sp³-hybridized carbons (Fsp3) is 0.385. The predicted molar refractivity (Wildman–Crippen MR) is 79.5 cm³/mol. The first-order valence-electron chi connectivity index (χ1n) is 6.56. The molecule has 1 aromatic rings. The van der Waals surface area contributed by atoms with Gasteiger partial charge in [-0.2, -0.15) is 5.10 Å². The zero-order valence-electron chi connectivity index (χ0n) is 11.6. The lowest BCUT2D eigenvalue weighted by molar-refractivity contribution is 0.0989. The summed E-state index contributed by atoms with van der Waals surface area (Å²) >= 11 is 1.36. The highest BCUT2D eigenvalue weighted by Crippen LogP contribution is 2.27. The van der Waals surface area contributed by atoms with Crippen LogP contribution in [0.3, 0.4) is 0 Å². The molecule has 1 heterocycles. The molecule has 7 nitrogen and oxygen atoms in total. The van der Waals surface area contributed by atoms with E-state index in [2.05, 4.69) is 20.8 Å². The highest BCUT2D eigenvalue weighted by atomic mass is 32.2. The van der Waals surface area contributed by atoms with Gasteiger partial charge in [-0.15, -0.1) is 11.8 Å². The smallest absolute Gasteiger partial charge is 0.314 e. The first-order valence-corrected chi connectivity index (χ1v) is 7.54. The number of unbranched alkanes of at least 4 members (excludes halogenated alkanes) is 1. The monoisotopic (exact) mass is 308 g/mol. The fourth-order valence-electron chi connectivity index (χ4n) is 1.84. The number of Topliss-reactive ketones (excluding diaryl/α,β-unsaturated/α-hetero) is 1. The molecule has 1 aliphatic rings. The van der Waals surface area contributed by atoms with Crippen molar-refractivity contribution in [2.75, 3.05) is 19.3 Å². The highest BCUT2D eigenvalue weighted by Gasteiger charge is 2.27. The molecule has 0 bridgehead atoms. The maximum Gasteiger partial charge on any atom is 0.314 e. The summed E-state index contributed by atoms with van der Waals surface area (Å²) in [6.45, 7) is 0.581. The summed E-state index contributed by atoms with van der Waals surface area (Å²) in [6, 6.07) is -0.203. The standard InChI is InChI=1S/C13H16N4O3S/c1-14-13(20)15-4-2-3-5-21-10-6-9(18)11-8(12(10)19)7-16-17-11/h6-7H,2-5H2,1H3,(H,16,17)(H2,14,15,20). The van der Waals surface area contributed by atoms with Gasteiger partial charge >= 0.3 is 6.03 Å². The molecule has 1 aliphatic carbocycles. The number of nitrogens with one attached hydrogen (secondary N) is 3. The maximum absolute atomic E-state index is 12.1. The highest BCUT2D eigenvalue weighted by molar-refractivity contribution is 8.04. The van der Waals surface area contributed by atoms with Gasteiger partial charge in [0, 0.05) is 19.7 Å². The van der Waals surface area contributed by atoms with Crippen molar-refractivity contribution in [1.29, 1.82) is 0 Å². The topological polar surface area (TPSA) is 104 Å². The number of carbonyl (C=O) groups is 3. The molecule has 0 unspecified atom stereocenters. The Balaban J connectivity index is 1.76. The average Bonchev–Trinajstić information content (AvgIpc) is 2.97. The summed E-state index contributed by atoms with van der Waals surface area (Å²) in [6.07, 6.45) is 4.39. The lowest BCUT2D eigenvalue weighted by atomic mass is 10.0. The summed E-state index contributed by atoms with van der Waals surface area (Å²) in [5.74, 6) is 0.339. The van der Waals surface area contributed by atoms with Crippen LogP contribution in [-0.2, 0) is 0 Å². The molecule has 8 heteroatoms. The second kappa shape index (κ2) is 7.07. The summed E-state index contributed by atoms with van der Waals surface area (Å²) in [5.41, 5.74) is 0.602. The Morgan fingerprint density at radius 3 is 2.95 bits per heavy atom. The van der Waals surface area contributed by atoms with Crippen molar-refractivity contribution in [2.45, 2.75) is 12.8 Å². The summed E-state index contributed by atoms with van der Waals surface area (Å²) in [4.78, 5) is 35.3. The van der Waals surface area contributed by atoms with E-state index in [-0.39, 0.29) is 23.3 Å². The molecular weight excluding hydrogens is 292 g/mol. The second-order valence-corrected chi connectivity index (χ2v) is 5.56. The number of carbonyl (C=O) groups excluding carboxylic acids is 3. The molecule has 2 rings (SSSR count). The SMILES string of the molecule is CNC(=O)NCCCCSC1=CC(=O)c2[nH]ncc2C1=O. The second-order valence-electron chi connectivity index (χ2n) is 4.42. The van der Waals surface area contributed by atoms with E-state index in [4.69, 9.17) is 0 Å². The number of aromatic amines is 1. The number of ketones is 2. The van der Waals surface area contributed by atoms with Gasteiger partial charge in [-0.1, -0.05) is 0 Å². The fourth-order valence-corrected chi connectivity index (χ4v) is 2.84. The molecular formula is C13H16N4O3S. The van der Waals surface area contributed by atoms with Gasteiger partial charge in [0.15, 0.2) is 0 Å². The van der Waals surface area contributed by atoms with Crippen LogP contribution in [0, 0.1) is 0 Å². The van der Waals surface area contributed by atoms with Gasteiger partial charge in [0.25, 0.3) is 0 Å². The van der Waals surface area contributed by atoms with Gasteiger partial charge in [-0.05, 0) is 18.6 Å². The molecule has 0 aliphatic heterocycles. The Hall–Kier alpha value is -2.09. The maximum atomic E-state index is 12.1. The predicted octanol–water partition coefficient (Wildman–Crippen LogP) is 1.11. The normalized spacial score (nSPS) is 13.7. The van der Waals surface area contributed by atoms with E-state index in [0.717, 1.165) is 12.8 Å². The van der Waals surface area contributed by atoms with Crippen LogP contribution in [0.25, 0.3) is 0 Å². The number of hydrogen-bond donors (Lipinski definition) is 3. The summed E-state index contributed by atoms with van der Waals surface area (Å²) in [5, 5.41) is 11.4. The summed E-state index contributed by atoms with van der Waals surface area (Å²) in [7, 11) is 1.56. The van der Waals surface area contributed by atoms with Gasteiger partial charge < -0.3 is 10.6 Å². The van der Waals surface area contributed by atoms with Crippen LogP contribution in [0.5, 0.6) is 0 Å². The Morgan fingerprint density at radius 2 is 2.19 bits per heavy atom. The minimum atomic E-state index is -0.217. The Bertz CT molecular complexity index is 594. The molecule has 0 radical (unpaired) electrons. The third-order valence-corrected chi connectivity index (χ3v) is 4.06. The Morgan fingerprint density at radius 1 is 1.38 bits per heavy atom. The number of nitrogens with zero attached hydrogens (tertiary/aromatic N) is 1. The van der Waals surface area contributed by atoms with Crippen LogP contribution in [0.15, 0.2) is 17.2 Å². The van der Waals surface area contributed by atoms with E-state index >= 15 is 0 Å². The minimum Gasteiger partial charge on any atom is -0.341 e. The number of urea groups is 1. The molecule has 0 saturated carbocycles. The molecule has 0 aromatic carbocycles. The lowest BCUT2D eigenvalue weighted by Gasteiger charge is -2.10. The number of allylic oxidation sites excluding steroid dienone is 2. The van der Waals surface area contributed by atoms with Crippen LogP contribution in [0.4, 0.5) is 4.79 Å². The molecule has 0 atom stereocenters. The van der Waals surface area contributed by atoms with Gasteiger partial charge in [0.2, 0.25) is 11.6 Å². The number of aromatic nitrogens is 2. The van der Waals surface area contributed by atoms with Gasteiger partial charge in [0.1, 0.15) is 5.69 Å². The number of amides is 2. The number of hydrogen-bond acceptors (Lipinski definition) is 5. The van der Waals surface area contributed by atoms with E-state index in [9.17, 15) is 14.4 Å². The Kier molecular flexibility index (Phi) is 5.15. The molecule has 0 saturated heterocycles. The number of H-pyrrole nitrogens is 1. The zero-order chi connectivity index (χ0) is 15.2. The van der Waals surface area contributed by atoms with Crippen LogP contribution < -0.4 is 10.6 Å². The van der Waals surface area contributed by atoms with E-state index in [1.165, 1.54) is 24.0 Å². The van der Waals surface area contributed by atoms with Gasteiger partial charge in [-0.25, -0.2) is 4.79 Å². The lowest BCUT2D eigenvalue weighted by Crippen LogP contribution is -2.33. The molecule has 0 spiro atoms. The quantitative estimate of drug-likeness (QED) is 0.683. The van der Waals surface area contributed by atoms with Crippen LogP contribution in [-0.4, -0.2) is 47.1 Å². The van der Waals surface area contributed by atoms with Crippen molar-refractivity contribution < 1.29 is 14.4 Å². The number of thioether (sulfide) groups is 1. The van der Waals surface area contributed by atoms with E-state index in [1.807, 2.05) is 0 Å². The zero-order valence-corrected chi connectivity index (χ0v) is 12.4. The van der Waals surface area contributed by atoms with Gasteiger partial charge in [-0.3, -0.25) is 14.7 Å². The number of rotatable bonds is 6. The van der Waals surface area contributed by atoms with Gasteiger partial charge in [0.05, 0.1) is 16.7 Å². The number of fused-ring (bicyclic) bond motifs is 1. The third-order valence-electron chi connectivity index (χ3n) is 2.96. The minimum absolute atomic E-state index is 0.160. The molecule has 2 amide bonds. The largest absolute Gasteiger partial charge is 0.341 e. The van der Waals surface area contributed by atoms with Crippen molar-refractivity contribution in [1.82, 2.24) is 20.8 Å². The van der Waals surface area contributed by atoms with Crippen LogP contribution in [0.1, 0.15) is 33.7 Å². The molecule has 112 valence electrons. The van der Waals surface area contributed by atoms with Crippen molar-refractivity contribution in [3.05, 3.63) is 28.4 Å². The molecule has 21 heavy (non-hydrogen) atoms. The first-order chi connectivity index (χ1) is 10.1. The average molecular weight is 308 g/mol. The van der Waals surface area contributed by atoms with Crippen LogP contribution >= 0.6 is 11.8 Å².